The zero-order valence-corrected chi connectivity index (χ0v) is 10.4. The minimum absolute atomic E-state index is 0.687. The van der Waals surface area contributed by atoms with Gasteiger partial charge in [-0.2, -0.15) is 9.61 Å². The number of benzene rings is 1. The summed E-state index contributed by atoms with van der Waals surface area (Å²) in [6, 6.07) is 5.77. The van der Waals surface area contributed by atoms with Gasteiger partial charge in [0.05, 0.1) is 5.69 Å². The first-order valence-electron chi connectivity index (χ1n) is 4.47. The molecule has 0 bridgehead atoms. The molecule has 0 radical (unpaired) electrons. The second kappa shape index (κ2) is 3.53. The van der Waals surface area contributed by atoms with Crippen molar-refractivity contribution in [1.82, 2.24) is 19.8 Å². The molecule has 0 amide bonds. The van der Waals surface area contributed by atoms with E-state index < -0.39 is 0 Å². The van der Waals surface area contributed by atoms with Gasteiger partial charge in [-0.25, -0.2) is 0 Å². The van der Waals surface area contributed by atoms with Crippen molar-refractivity contribution in [3.8, 4) is 10.6 Å². The summed E-state index contributed by atoms with van der Waals surface area (Å²) in [4.78, 5) is 0.759. The Morgan fingerprint density at radius 2 is 2.25 bits per heavy atom. The molecular formula is C9H6BrN5S. The van der Waals surface area contributed by atoms with Crippen LogP contribution in [0.25, 0.3) is 15.5 Å². The van der Waals surface area contributed by atoms with E-state index >= 15 is 0 Å². The van der Waals surface area contributed by atoms with Crippen LogP contribution < -0.4 is 5.73 Å². The first kappa shape index (κ1) is 9.73. The van der Waals surface area contributed by atoms with Crippen LogP contribution in [0.15, 0.2) is 29.0 Å². The number of fused-ring (bicyclic) bond motifs is 1. The summed E-state index contributed by atoms with van der Waals surface area (Å²) < 4.78 is 2.51. The Morgan fingerprint density at radius 1 is 1.38 bits per heavy atom. The Bertz CT molecular complexity index is 630. The molecule has 0 spiro atoms. The Labute approximate surface area is 103 Å². The summed E-state index contributed by atoms with van der Waals surface area (Å²) in [5.74, 6) is 0. The van der Waals surface area contributed by atoms with Gasteiger partial charge in [-0.1, -0.05) is 17.4 Å². The molecule has 0 atom stereocenters. The second-order valence-electron chi connectivity index (χ2n) is 3.17. The van der Waals surface area contributed by atoms with Crippen molar-refractivity contribution < 1.29 is 0 Å². The van der Waals surface area contributed by atoms with E-state index in [0.29, 0.717) is 5.69 Å². The molecule has 80 valence electrons. The molecule has 7 heteroatoms. The van der Waals surface area contributed by atoms with Gasteiger partial charge in [-0.3, -0.25) is 0 Å². The van der Waals surface area contributed by atoms with Crippen molar-refractivity contribution in [2.45, 2.75) is 0 Å². The van der Waals surface area contributed by atoms with Crippen LogP contribution in [0, 0.1) is 0 Å². The summed E-state index contributed by atoms with van der Waals surface area (Å²) in [6.45, 7) is 0. The molecule has 5 nitrogen and oxygen atoms in total. The van der Waals surface area contributed by atoms with Crippen LogP contribution in [0.2, 0.25) is 0 Å². The number of aromatic nitrogens is 4. The maximum Gasteiger partial charge on any atom is 0.234 e. The smallest absolute Gasteiger partial charge is 0.234 e. The molecule has 0 fully saturated rings. The van der Waals surface area contributed by atoms with Crippen LogP contribution in [-0.4, -0.2) is 19.8 Å². The molecule has 0 aliphatic rings. The molecule has 0 aliphatic heterocycles. The third-order valence-corrected chi connectivity index (χ3v) is 3.81. The van der Waals surface area contributed by atoms with Crippen LogP contribution in [0.3, 0.4) is 0 Å². The molecule has 0 unspecified atom stereocenters. The predicted molar refractivity (Wildman–Crippen MR) is 66.2 cm³/mol. The van der Waals surface area contributed by atoms with Gasteiger partial charge < -0.3 is 5.73 Å². The zero-order chi connectivity index (χ0) is 11.1. The summed E-state index contributed by atoms with van der Waals surface area (Å²) in [5.41, 5.74) is 7.57. The summed E-state index contributed by atoms with van der Waals surface area (Å²) in [6.07, 6.45) is 1.57. The third kappa shape index (κ3) is 1.40. The minimum atomic E-state index is 0.687. The highest BCUT2D eigenvalue weighted by Crippen LogP contribution is 2.33. The molecule has 0 saturated heterocycles. The van der Waals surface area contributed by atoms with E-state index in [1.165, 1.54) is 11.3 Å². The molecule has 0 aliphatic carbocycles. The van der Waals surface area contributed by atoms with E-state index in [4.69, 9.17) is 5.73 Å². The highest BCUT2D eigenvalue weighted by Gasteiger charge is 2.11. The Hall–Kier alpha value is -1.47. The van der Waals surface area contributed by atoms with Crippen molar-refractivity contribution in [3.63, 3.8) is 0 Å². The van der Waals surface area contributed by atoms with Gasteiger partial charge in [0.15, 0.2) is 0 Å². The number of halogens is 1. The number of rotatable bonds is 1. The van der Waals surface area contributed by atoms with E-state index in [1.807, 2.05) is 18.2 Å². The Kier molecular flexibility index (Phi) is 2.15. The first-order chi connectivity index (χ1) is 7.75. The number of nitrogens with two attached hydrogens (primary N) is 1. The average Bonchev–Trinajstić information content (AvgIpc) is 2.81. The first-order valence-corrected chi connectivity index (χ1v) is 6.08. The van der Waals surface area contributed by atoms with E-state index in [1.54, 1.807) is 10.8 Å². The fourth-order valence-corrected chi connectivity index (χ4v) is 2.62. The molecule has 2 aromatic heterocycles. The van der Waals surface area contributed by atoms with Gasteiger partial charge in [0.2, 0.25) is 4.96 Å². The number of hydrogen-bond acceptors (Lipinski definition) is 5. The summed E-state index contributed by atoms with van der Waals surface area (Å²) >= 11 is 4.85. The van der Waals surface area contributed by atoms with E-state index in [2.05, 4.69) is 31.2 Å². The zero-order valence-electron chi connectivity index (χ0n) is 7.96. The highest BCUT2D eigenvalue weighted by atomic mass is 79.9. The molecule has 0 saturated carbocycles. The normalized spacial score (nSPS) is 11.1. The van der Waals surface area contributed by atoms with Crippen molar-refractivity contribution in [1.29, 1.82) is 0 Å². The van der Waals surface area contributed by atoms with Crippen molar-refractivity contribution in [2.24, 2.45) is 0 Å². The monoisotopic (exact) mass is 295 g/mol. The van der Waals surface area contributed by atoms with Crippen LogP contribution in [0.4, 0.5) is 5.69 Å². The number of para-hydroxylation sites is 1. The van der Waals surface area contributed by atoms with E-state index in [-0.39, 0.29) is 0 Å². The van der Waals surface area contributed by atoms with E-state index in [0.717, 1.165) is 20.0 Å². The third-order valence-electron chi connectivity index (χ3n) is 2.17. The van der Waals surface area contributed by atoms with Gasteiger partial charge in [0, 0.05) is 10.0 Å². The van der Waals surface area contributed by atoms with Crippen molar-refractivity contribution in [3.05, 3.63) is 29.0 Å². The van der Waals surface area contributed by atoms with Gasteiger partial charge in [0.25, 0.3) is 0 Å². The SMILES string of the molecule is Nc1c(Br)cccc1-c1nn2cnnc2s1. The van der Waals surface area contributed by atoms with Crippen LogP contribution in [-0.2, 0) is 0 Å². The molecule has 3 aromatic rings. The molecule has 2 N–H and O–H groups in total. The average molecular weight is 296 g/mol. The summed E-state index contributed by atoms with van der Waals surface area (Å²) in [7, 11) is 0. The molecule has 2 heterocycles. The van der Waals surface area contributed by atoms with Gasteiger partial charge >= 0.3 is 0 Å². The Morgan fingerprint density at radius 3 is 3.06 bits per heavy atom. The molecule has 16 heavy (non-hydrogen) atoms. The lowest BCUT2D eigenvalue weighted by Gasteiger charge is -2.02. The highest BCUT2D eigenvalue weighted by molar-refractivity contribution is 9.10. The number of hydrogen-bond donors (Lipinski definition) is 1. The predicted octanol–water partition coefficient (Wildman–Crippen LogP) is 2.20. The second-order valence-corrected chi connectivity index (χ2v) is 4.98. The van der Waals surface area contributed by atoms with Gasteiger partial charge in [-0.15, -0.1) is 10.2 Å². The lowest BCUT2D eigenvalue weighted by atomic mass is 10.2. The van der Waals surface area contributed by atoms with Crippen molar-refractivity contribution >= 4 is 37.9 Å². The molecule has 1 aromatic carbocycles. The molecule has 3 rings (SSSR count). The Balaban J connectivity index is 2.23. The number of nitrogens with zero attached hydrogens (tertiary/aromatic N) is 4. The lowest BCUT2D eigenvalue weighted by Crippen LogP contribution is -1.91. The number of anilines is 1. The fraction of sp³-hybridized carbons (Fsp3) is 0. The summed E-state index contributed by atoms with van der Waals surface area (Å²) in [5, 5.41) is 12.9. The maximum absolute atomic E-state index is 5.98. The maximum atomic E-state index is 5.98. The minimum Gasteiger partial charge on any atom is -0.397 e. The molecular weight excluding hydrogens is 290 g/mol. The van der Waals surface area contributed by atoms with Gasteiger partial charge in [0.1, 0.15) is 11.3 Å². The largest absolute Gasteiger partial charge is 0.397 e. The van der Waals surface area contributed by atoms with Gasteiger partial charge in [-0.05, 0) is 28.1 Å². The standard InChI is InChI=1S/C9H6BrN5S/c10-6-3-1-2-5(7(6)11)8-14-15-4-12-13-9(15)16-8/h1-4H,11H2. The number of nitrogen functional groups attached to an aromatic ring is 1. The lowest BCUT2D eigenvalue weighted by molar-refractivity contribution is 0.960. The van der Waals surface area contributed by atoms with E-state index in [9.17, 15) is 0 Å². The quantitative estimate of drug-likeness (QED) is 0.699. The topological polar surface area (TPSA) is 69.1 Å². The van der Waals surface area contributed by atoms with Crippen LogP contribution in [0.5, 0.6) is 0 Å². The van der Waals surface area contributed by atoms with Crippen LogP contribution in [0.1, 0.15) is 0 Å². The fourth-order valence-electron chi connectivity index (χ4n) is 1.39. The van der Waals surface area contributed by atoms with Crippen LogP contribution >= 0.6 is 27.3 Å². The van der Waals surface area contributed by atoms with Crippen molar-refractivity contribution in [2.75, 3.05) is 5.73 Å².